The number of nitrogens with one attached hydrogen (secondary N) is 1. The van der Waals surface area contributed by atoms with Crippen LogP contribution in [0, 0.1) is 0 Å². The maximum absolute atomic E-state index is 10.9. The van der Waals surface area contributed by atoms with Gasteiger partial charge >= 0.3 is 35.7 Å². The van der Waals surface area contributed by atoms with Crippen LogP contribution in [-0.2, 0) is 14.3 Å². The minimum Gasteiger partial charge on any atom is -0.545 e. The van der Waals surface area contributed by atoms with Crippen molar-refractivity contribution in [3.63, 3.8) is 0 Å². The molecule has 2 aliphatic rings. The van der Waals surface area contributed by atoms with Crippen molar-refractivity contribution in [2.45, 2.75) is 23.7 Å². The van der Waals surface area contributed by atoms with Gasteiger partial charge in [0.15, 0.2) is 6.10 Å². The van der Waals surface area contributed by atoms with Crippen LogP contribution in [0.1, 0.15) is 0 Å². The Bertz CT molecular complexity index is 364. The topological polar surface area (TPSA) is 148 Å². The predicted octanol–water partition coefficient (Wildman–Crippen LogP) is -7.38. The van der Waals surface area contributed by atoms with Crippen LogP contribution in [0.4, 0.5) is 4.79 Å². The fourth-order valence-corrected chi connectivity index (χ4v) is 1.71. The van der Waals surface area contributed by atoms with Crippen molar-refractivity contribution in [2.75, 3.05) is 6.61 Å². The van der Waals surface area contributed by atoms with Gasteiger partial charge in [0.05, 0.1) is 6.61 Å². The van der Waals surface area contributed by atoms with Crippen LogP contribution < -0.4 is 40.0 Å². The standard InChI is InChI=1S/C7H9NO8.Na/c9-2-1-15-7(3(2)10)6(14,4(11)12)8-5(13)16-7;/h2-3,9-10,14H,1H2,(H,8,13)(H,11,12);/q;+1/p-1. The molecule has 2 rings (SSSR count). The van der Waals surface area contributed by atoms with E-state index in [9.17, 15) is 30.0 Å². The molecule has 1 spiro atoms. The Morgan fingerprint density at radius 3 is 2.53 bits per heavy atom. The Kier molecular flexibility index (Phi) is 3.75. The average Bonchev–Trinajstić information content (AvgIpc) is 2.61. The summed E-state index contributed by atoms with van der Waals surface area (Å²) in [6.45, 7) is -0.494. The third-order valence-corrected chi connectivity index (χ3v) is 2.55. The molecule has 10 heteroatoms. The molecule has 1 amide bonds. The van der Waals surface area contributed by atoms with Gasteiger partial charge in [-0.15, -0.1) is 0 Å². The van der Waals surface area contributed by atoms with Crippen molar-refractivity contribution in [2.24, 2.45) is 0 Å². The molecule has 4 N–H and O–H groups in total. The van der Waals surface area contributed by atoms with E-state index in [0.717, 1.165) is 0 Å². The van der Waals surface area contributed by atoms with Crippen LogP contribution in [0.5, 0.6) is 0 Å². The smallest absolute Gasteiger partial charge is 0.545 e. The number of carboxylic acid groups (broad SMARTS) is 1. The monoisotopic (exact) mass is 257 g/mol. The first-order chi connectivity index (χ1) is 7.33. The van der Waals surface area contributed by atoms with Crippen LogP contribution in [0.15, 0.2) is 0 Å². The molecule has 0 aromatic carbocycles. The van der Waals surface area contributed by atoms with Crippen molar-refractivity contribution in [1.82, 2.24) is 5.32 Å². The third kappa shape index (κ3) is 1.74. The maximum Gasteiger partial charge on any atom is 1.00 e. The third-order valence-electron chi connectivity index (χ3n) is 2.55. The van der Waals surface area contributed by atoms with E-state index >= 15 is 0 Å². The van der Waals surface area contributed by atoms with Gasteiger partial charge in [-0.3, -0.25) is 5.32 Å². The number of aliphatic hydroxyl groups is 3. The van der Waals surface area contributed by atoms with Crippen LogP contribution >= 0.6 is 0 Å². The molecule has 0 aromatic heterocycles. The molecule has 9 nitrogen and oxygen atoms in total. The van der Waals surface area contributed by atoms with Gasteiger partial charge in [0.1, 0.15) is 12.1 Å². The number of carboxylic acids is 1. The Morgan fingerprint density at radius 2 is 2.12 bits per heavy atom. The molecule has 90 valence electrons. The molecule has 0 aliphatic carbocycles. The van der Waals surface area contributed by atoms with E-state index in [1.54, 1.807) is 5.32 Å². The molecule has 2 heterocycles. The molecular weight excluding hydrogens is 249 g/mol. The second-order valence-electron chi connectivity index (χ2n) is 3.50. The Hall–Kier alpha value is -0.420. The molecule has 2 saturated heterocycles. The molecule has 2 aliphatic heterocycles. The van der Waals surface area contributed by atoms with Crippen LogP contribution in [0.3, 0.4) is 0 Å². The second kappa shape index (κ2) is 4.35. The number of aliphatic carboxylic acids is 1. The van der Waals surface area contributed by atoms with Crippen molar-refractivity contribution >= 4 is 12.1 Å². The molecule has 4 atom stereocenters. The summed E-state index contributed by atoms with van der Waals surface area (Å²) in [6.07, 6.45) is -4.70. The summed E-state index contributed by atoms with van der Waals surface area (Å²) in [6, 6.07) is 0. The van der Waals surface area contributed by atoms with Crippen LogP contribution in [0.25, 0.3) is 0 Å². The van der Waals surface area contributed by atoms with E-state index in [2.05, 4.69) is 4.74 Å². The summed E-state index contributed by atoms with van der Waals surface area (Å²) < 4.78 is 9.11. The molecule has 2 fully saturated rings. The summed E-state index contributed by atoms with van der Waals surface area (Å²) >= 11 is 0. The Balaban J connectivity index is 0.00000144. The minimum atomic E-state index is -3.05. The van der Waals surface area contributed by atoms with E-state index in [1.165, 1.54) is 0 Å². The SMILES string of the molecule is O=C1NC(O)(C(=O)[O-])C2(OCC(O)C2O)O1.[Na+]. The van der Waals surface area contributed by atoms with Crippen molar-refractivity contribution in [3.8, 4) is 0 Å². The Morgan fingerprint density at radius 1 is 1.53 bits per heavy atom. The van der Waals surface area contributed by atoms with Gasteiger partial charge in [0.2, 0.25) is 0 Å². The zero-order valence-electron chi connectivity index (χ0n) is 8.74. The summed E-state index contributed by atoms with van der Waals surface area (Å²) in [4.78, 5) is 21.7. The number of rotatable bonds is 1. The molecular formula is C7H8NNaO8. The first-order valence-corrected chi connectivity index (χ1v) is 4.28. The summed E-state index contributed by atoms with van der Waals surface area (Å²) in [5.74, 6) is -4.71. The van der Waals surface area contributed by atoms with E-state index in [4.69, 9.17) is 4.74 Å². The number of carbonyl (C=O) groups excluding carboxylic acids is 2. The fraction of sp³-hybridized carbons (Fsp3) is 0.714. The van der Waals surface area contributed by atoms with E-state index in [1.807, 2.05) is 0 Å². The summed E-state index contributed by atoms with van der Waals surface area (Å²) in [7, 11) is 0. The largest absolute Gasteiger partial charge is 1.00 e. The first-order valence-electron chi connectivity index (χ1n) is 4.28. The summed E-state index contributed by atoms with van der Waals surface area (Å²) in [5.41, 5.74) is -3.05. The maximum atomic E-state index is 10.9. The number of alkyl carbamates (subject to hydrolysis) is 1. The van der Waals surface area contributed by atoms with Crippen LogP contribution in [0.2, 0.25) is 0 Å². The zero-order valence-corrected chi connectivity index (χ0v) is 10.7. The average molecular weight is 257 g/mol. The van der Waals surface area contributed by atoms with Crippen molar-refractivity contribution < 1.29 is 69.0 Å². The first kappa shape index (κ1) is 14.6. The van der Waals surface area contributed by atoms with Gasteiger partial charge in [-0.05, 0) is 0 Å². The summed E-state index contributed by atoms with van der Waals surface area (Å²) in [5, 5.41) is 40.7. The van der Waals surface area contributed by atoms with Crippen molar-refractivity contribution in [3.05, 3.63) is 0 Å². The van der Waals surface area contributed by atoms with Crippen molar-refractivity contribution in [1.29, 1.82) is 0 Å². The second-order valence-corrected chi connectivity index (χ2v) is 3.50. The number of ether oxygens (including phenoxy) is 2. The normalized spacial score (nSPS) is 44.1. The zero-order chi connectivity index (χ0) is 12.1. The minimum absolute atomic E-state index is 0. The van der Waals surface area contributed by atoms with Gasteiger partial charge in [-0.1, -0.05) is 0 Å². The molecule has 0 radical (unpaired) electrons. The van der Waals surface area contributed by atoms with Gasteiger partial charge < -0.3 is 34.7 Å². The number of hydrogen-bond donors (Lipinski definition) is 4. The molecule has 0 aromatic rings. The van der Waals surface area contributed by atoms with E-state index in [-0.39, 0.29) is 29.6 Å². The van der Waals surface area contributed by atoms with E-state index in [0.29, 0.717) is 0 Å². The van der Waals surface area contributed by atoms with E-state index < -0.39 is 42.4 Å². The van der Waals surface area contributed by atoms with Gasteiger partial charge in [-0.2, -0.15) is 0 Å². The molecule has 0 saturated carbocycles. The quantitative estimate of drug-likeness (QED) is 0.338. The van der Waals surface area contributed by atoms with Gasteiger partial charge in [-0.25, -0.2) is 4.79 Å². The number of hydrogen-bond acceptors (Lipinski definition) is 8. The number of carbonyl (C=O) groups is 2. The number of amides is 1. The number of aliphatic hydroxyl groups excluding tert-OH is 2. The van der Waals surface area contributed by atoms with Gasteiger partial charge in [0, 0.05) is 0 Å². The predicted molar refractivity (Wildman–Crippen MR) is 40.3 cm³/mol. The molecule has 17 heavy (non-hydrogen) atoms. The fourth-order valence-electron chi connectivity index (χ4n) is 1.71. The van der Waals surface area contributed by atoms with Gasteiger partial charge in [0.25, 0.3) is 11.5 Å². The molecule has 4 unspecified atom stereocenters. The molecule has 0 bridgehead atoms. The van der Waals surface area contributed by atoms with Crippen LogP contribution in [-0.4, -0.2) is 57.7 Å². The Labute approximate surface area is 117 Å².